The first kappa shape index (κ1) is 15.7. The van der Waals surface area contributed by atoms with E-state index < -0.39 is 4.92 Å². The monoisotopic (exact) mass is 294 g/mol. The average Bonchev–Trinajstić information content (AvgIpc) is 2.52. The van der Waals surface area contributed by atoms with Crippen LogP contribution in [0.1, 0.15) is 31.2 Å². The smallest absolute Gasteiger partial charge is 0.270 e. The molecular weight excluding hydrogens is 272 g/mol. The second kappa shape index (κ2) is 7.95. The van der Waals surface area contributed by atoms with Crippen molar-refractivity contribution in [3.63, 3.8) is 0 Å². The van der Waals surface area contributed by atoms with Crippen molar-refractivity contribution in [1.82, 2.24) is 5.32 Å². The summed E-state index contributed by atoms with van der Waals surface area (Å²) in [6, 6.07) is 5.09. The Kier molecular flexibility index (Phi) is 5.95. The van der Waals surface area contributed by atoms with Crippen LogP contribution in [-0.4, -0.2) is 31.2 Å². The van der Waals surface area contributed by atoms with Gasteiger partial charge in [0.1, 0.15) is 5.75 Å². The Labute approximate surface area is 124 Å². The highest BCUT2D eigenvalue weighted by Crippen LogP contribution is 2.24. The highest BCUT2D eigenvalue weighted by atomic mass is 16.6. The van der Waals surface area contributed by atoms with Gasteiger partial charge in [0.15, 0.2) is 0 Å². The summed E-state index contributed by atoms with van der Waals surface area (Å²) in [5.74, 6) is 0.622. The van der Waals surface area contributed by atoms with Crippen LogP contribution in [-0.2, 0) is 11.3 Å². The van der Waals surface area contributed by atoms with Crippen LogP contribution < -0.4 is 10.1 Å². The van der Waals surface area contributed by atoms with Crippen LogP contribution in [0.25, 0.3) is 0 Å². The highest BCUT2D eigenvalue weighted by Gasteiger charge is 2.13. The Morgan fingerprint density at radius 2 is 2.29 bits per heavy atom. The van der Waals surface area contributed by atoms with Crippen LogP contribution in [0.15, 0.2) is 18.2 Å². The van der Waals surface area contributed by atoms with Gasteiger partial charge in [-0.15, -0.1) is 0 Å². The van der Waals surface area contributed by atoms with E-state index in [1.807, 2.05) is 0 Å². The van der Waals surface area contributed by atoms with E-state index in [0.717, 1.165) is 13.0 Å². The SMILES string of the molecule is COc1ccc([N+](=O)[O-])cc1COCCC1CCCCN1. The van der Waals surface area contributed by atoms with E-state index >= 15 is 0 Å². The van der Waals surface area contributed by atoms with Gasteiger partial charge in [-0.1, -0.05) is 6.42 Å². The number of benzene rings is 1. The third-order valence-corrected chi connectivity index (χ3v) is 3.76. The number of hydrogen-bond acceptors (Lipinski definition) is 5. The minimum Gasteiger partial charge on any atom is -0.496 e. The quantitative estimate of drug-likeness (QED) is 0.475. The third kappa shape index (κ3) is 4.68. The number of piperidine rings is 1. The molecule has 0 saturated carbocycles. The van der Waals surface area contributed by atoms with E-state index in [1.165, 1.54) is 31.4 Å². The van der Waals surface area contributed by atoms with Crippen molar-refractivity contribution < 1.29 is 14.4 Å². The lowest BCUT2D eigenvalue weighted by molar-refractivity contribution is -0.385. The first-order valence-electron chi connectivity index (χ1n) is 7.33. The zero-order chi connectivity index (χ0) is 15.1. The highest BCUT2D eigenvalue weighted by molar-refractivity contribution is 5.43. The lowest BCUT2D eigenvalue weighted by Crippen LogP contribution is -2.34. The van der Waals surface area contributed by atoms with Crippen LogP contribution in [0.3, 0.4) is 0 Å². The minimum absolute atomic E-state index is 0.0587. The molecule has 1 aromatic rings. The number of rotatable bonds is 7. The molecule has 0 amide bonds. The van der Waals surface area contributed by atoms with Crippen LogP contribution >= 0.6 is 0 Å². The van der Waals surface area contributed by atoms with E-state index in [9.17, 15) is 10.1 Å². The summed E-state index contributed by atoms with van der Waals surface area (Å²) in [4.78, 5) is 10.4. The lowest BCUT2D eigenvalue weighted by atomic mass is 10.0. The van der Waals surface area contributed by atoms with Gasteiger partial charge in [-0.3, -0.25) is 10.1 Å². The molecule has 0 spiro atoms. The maximum absolute atomic E-state index is 10.8. The first-order valence-corrected chi connectivity index (χ1v) is 7.33. The van der Waals surface area contributed by atoms with Gasteiger partial charge >= 0.3 is 0 Å². The van der Waals surface area contributed by atoms with Crippen molar-refractivity contribution in [2.45, 2.75) is 38.3 Å². The number of non-ortho nitro benzene ring substituents is 1. The standard InChI is InChI=1S/C15H22N2O4/c1-20-15-6-5-14(17(18)19)10-12(15)11-21-9-7-13-4-2-3-8-16-13/h5-6,10,13,16H,2-4,7-9,11H2,1H3. The predicted octanol–water partition coefficient (Wildman–Crippen LogP) is 2.65. The average molecular weight is 294 g/mol. The van der Waals surface area contributed by atoms with Gasteiger partial charge in [-0.25, -0.2) is 0 Å². The Hall–Kier alpha value is -1.66. The molecule has 0 bridgehead atoms. The molecule has 1 aromatic carbocycles. The molecule has 1 aliphatic rings. The van der Waals surface area contributed by atoms with Crippen molar-refractivity contribution >= 4 is 5.69 Å². The number of nitro groups is 1. The summed E-state index contributed by atoms with van der Waals surface area (Å²) in [5, 5.41) is 14.3. The van der Waals surface area contributed by atoms with Crippen LogP contribution in [0, 0.1) is 10.1 Å². The zero-order valence-electron chi connectivity index (χ0n) is 12.3. The van der Waals surface area contributed by atoms with Crippen LogP contribution in [0.4, 0.5) is 5.69 Å². The van der Waals surface area contributed by atoms with E-state index in [2.05, 4.69) is 5.32 Å². The van der Waals surface area contributed by atoms with E-state index in [0.29, 0.717) is 30.6 Å². The molecule has 1 atom stereocenters. The molecule has 1 saturated heterocycles. The van der Waals surface area contributed by atoms with E-state index in [1.54, 1.807) is 13.2 Å². The minimum atomic E-state index is -0.408. The van der Waals surface area contributed by atoms with Crippen molar-refractivity contribution in [1.29, 1.82) is 0 Å². The van der Waals surface area contributed by atoms with Gasteiger partial charge in [0, 0.05) is 30.3 Å². The molecule has 1 unspecified atom stereocenters. The molecule has 6 heteroatoms. The molecule has 1 heterocycles. The molecule has 0 radical (unpaired) electrons. The second-order valence-electron chi connectivity index (χ2n) is 5.24. The lowest BCUT2D eigenvalue weighted by Gasteiger charge is -2.23. The summed E-state index contributed by atoms with van der Waals surface area (Å²) in [6.07, 6.45) is 4.69. The van der Waals surface area contributed by atoms with Crippen molar-refractivity contribution in [3.05, 3.63) is 33.9 Å². The molecule has 0 aromatic heterocycles. The van der Waals surface area contributed by atoms with E-state index in [-0.39, 0.29) is 5.69 Å². The van der Waals surface area contributed by atoms with Crippen molar-refractivity contribution in [3.8, 4) is 5.75 Å². The molecule has 21 heavy (non-hydrogen) atoms. The molecule has 116 valence electrons. The fraction of sp³-hybridized carbons (Fsp3) is 0.600. The Bertz CT molecular complexity index is 473. The first-order chi connectivity index (χ1) is 10.2. The molecule has 1 N–H and O–H groups in total. The van der Waals surface area contributed by atoms with Crippen LogP contribution in [0.5, 0.6) is 5.75 Å². The Morgan fingerprint density at radius 1 is 1.43 bits per heavy atom. The summed E-state index contributed by atoms with van der Waals surface area (Å²) in [7, 11) is 1.55. The van der Waals surface area contributed by atoms with E-state index in [4.69, 9.17) is 9.47 Å². The Balaban J connectivity index is 1.83. The number of ether oxygens (including phenoxy) is 2. The summed E-state index contributed by atoms with van der Waals surface area (Å²) < 4.78 is 10.9. The number of nitrogens with one attached hydrogen (secondary N) is 1. The molecule has 1 fully saturated rings. The van der Waals surface area contributed by atoms with Gasteiger partial charge in [0.25, 0.3) is 5.69 Å². The number of nitrogens with zero attached hydrogens (tertiary/aromatic N) is 1. The van der Waals surface area contributed by atoms with Gasteiger partial charge in [-0.05, 0) is 31.9 Å². The molecule has 6 nitrogen and oxygen atoms in total. The maximum Gasteiger partial charge on any atom is 0.270 e. The van der Waals surface area contributed by atoms with Crippen molar-refractivity contribution in [2.24, 2.45) is 0 Å². The van der Waals surface area contributed by atoms with Gasteiger partial charge < -0.3 is 14.8 Å². The number of methoxy groups -OCH3 is 1. The number of hydrogen-bond donors (Lipinski definition) is 1. The zero-order valence-corrected chi connectivity index (χ0v) is 12.3. The van der Waals surface area contributed by atoms with Crippen LogP contribution in [0.2, 0.25) is 0 Å². The fourth-order valence-corrected chi connectivity index (χ4v) is 2.57. The van der Waals surface area contributed by atoms with Gasteiger partial charge in [-0.2, -0.15) is 0 Å². The van der Waals surface area contributed by atoms with Gasteiger partial charge in [0.2, 0.25) is 0 Å². The molecule has 0 aliphatic carbocycles. The summed E-state index contributed by atoms with van der Waals surface area (Å²) >= 11 is 0. The fourth-order valence-electron chi connectivity index (χ4n) is 2.57. The maximum atomic E-state index is 10.8. The normalized spacial score (nSPS) is 18.4. The summed E-state index contributed by atoms with van der Waals surface area (Å²) in [5.41, 5.74) is 0.770. The van der Waals surface area contributed by atoms with Gasteiger partial charge in [0.05, 0.1) is 18.6 Å². The molecule has 1 aliphatic heterocycles. The Morgan fingerprint density at radius 3 is 2.95 bits per heavy atom. The topological polar surface area (TPSA) is 73.6 Å². The molecule has 2 rings (SSSR count). The largest absolute Gasteiger partial charge is 0.496 e. The summed E-state index contributed by atoms with van der Waals surface area (Å²) in [6.45, 7) is 2.06. The number of nitro benzene ring substituents is 1. The van der Waals surface area contributed by atoms with Crippen molar-refractivity contribution in [2.75, 3.05) is 20.3 Å². The second-order valence-corrected chi connectivity index (χ2v) is 5.24. The molecular formula is C15H22N2O4. The predicted molar refractivity (Wildman–Crippen MR) is 79.6 cm³/mol. The third-order valence-electron chi connectivity index (χ3n) is 3.76.